The summed E-state index contributed by atoms with van der Waals surface area (Å²) in [4.78, 5) is 14.8. The lowest BCUT2D eigenvalue weighted by atomic mass is 10.2. The van der Waals surface area contributed by atoms with E-state index in [9.17, 15) is 4.79 Å². The average molecular weight is 234 g/mol. The van der Waals surface area contributed by atoms with E-state index in [1.54, 1.807) is 11.7 Å². The highest BCUT2D eigenvalue weighted by Gasteiger charge is 2.21. The summed E-state index contributed by atoms with van der Waals surface area (Å²) in [7, 11) is 1.62. The van der Waals surface area contributed by atoms with Gasteiger partial charge in [-0.3, -0.25) is 4.57 Å². The number of fused-ring (bicyclic) bond motifs is 1. The standard InChI is InChI=1S/C12H14N2O3/c1-16-9-2-3-10-11(6-9)14(12(15)13-10)8-4-5-17-7-8/h2-3,6,8H,4-5,7H2,1H3,(H,13,15). The zero-order chi connectivity index (χ0) is 11.8. The van der Waals surface area contributed by atoms with Crippen molar-refractivity contribution in [1.82, 2.24) is 9.55 Å². The van der Waals surface area contributed by atoms with Crippen LogP contribution in [0.1, 0.15) is 12.5 Å². The number of aromatic nitrogens is 2. The van der Waals surface area contributed by atoms with Crippen LogP contribution in [0.15, 0.2) is 23.0 Å². The van der Waals surface area contributed by atoms with Gasteiger partial charge in [0.15, 0.2) is 0 Å². The molecule has 3 rings (SSSR count). The van der Waals surface area contributed by atoms with E-state index in [1.807, 2.05) is 18.2 Å². The smallest absolute Gasteiger partial charge is 0.326 e. The van der Waals surface area contributed by atoms with Gasteiger partial charge in [-0.25, -0.2) is 4.79 Å². The number of hydrogen-bond donors (Lipinski definition) is 1. The third kappa shape index (κ3) is 1.63. The van der Waals surface area contributed by atoms with E-state index < -0.39 is 0 Å². The molecule has 1 aliphatic rings. The summed E-state index contributed by atoms with van der Waals surface area (Å²) in [6.45, 7) is 1.32. The number of imidazole rings is 1. The van der Waals surface area contributed by atoms with Crippen molar-refractivity contribution in [3.05, 3.63) is 28.7 Å². The highest BCUT2D eigenvalue weighted by molar-refractivity contribution is 5.77. The molecule has 5 heteroatoms. The van der Waals surface area contributed by atoms with Gasteiger partial charge >= 0.3 is 5.69 Å². The summed E-state index contributed by atoms with van der Waals surface area (Å²) in [5.41, 5.74) is 1.64. The maximum atomic E-state index is 11.9. The van der Waals surface area contributed by atoms with Gasteiger partial charge in [-0.05, 0) is 18.6 Å². The van der Waals surface area contributed by atoms with E-state index in [2.05, 4.69) is 4.98 Å². The van der Waals surface area contributed by atoms with Crippen LogP contribution in [-0.2, 0) is 4.74 Å². The van der Waals surface area contributed by atoms with Gasteiger partial charge in [0.2, 0.25) is 0 Å². The zero-order valence-corrected chi connectivity index (χ0v) is 9.60. The lowest BCUT2D eigenvalue weighted by Gasteiger charge is -2.10. The molecule has 0 amide bonds. The Bertz CT molecular complexity index is 593. The molecule has 1 saturated heterocycles. The number of methoxy groups -OCH3 is 1. The number of H-pyrrole nitrogens is 1. The number of rotatable bonds is 2. The average Bonchev–Trinajstić information content (AvgIpc) is 2.93. The third-order valence-corrected chi connectivity index (χ3v) is 3.20. The summed E-state index contributed by atoms with van der Waals surface area (Å²) < 4.78 is 12.3. The van der Waals surface area contributed by atoms with Gasteiger partial charge in [-0.2, -0.15) is 0 Å². The summed E-state index contributed by atoms with van der Waals surface area (Å²) in [5, 5.41) is 0. The van der Waals surface area contributed by atoms with Crippen LogP contribution in [0.2, 0.25) is 0 Å². The number of nitrogens with zero attached hydrogens (tertiary/aromatic N) is 1. The maximum Gasteiger partial charge on any atom is 0.326 e. The molecule has 1 aliphatic heterocycles. The number of nitrogens with one attached hydrogen (secondary N) is 1. The second-order valence-corrected chi connectivity index (χ2v) is 4.20. The van der Waals surface area contributed by atoms with Crippen molar-refractivity contribution in [2.24, 2.45) is 0 Å². The molecule has 1 unspecified atom stereocenters. The fourth-order valence-corrected chi connectivity index (χ4v) is 2.32. The molecule has 0 aliphatic carbocycles. The predicted octanol–water partition coefficient (Wildman–Crippen LogP) is 1.30. The molecule has 1 fully saturated rings. The first-order valence-electron chi connectivity index (χ1n) is 5.65. The van der Waals surface area contributed by atoms with Gasteiger partial charge in [0.25, 0.3) is 0 Å². The van der Waals surface area contributed by atoms with Crippen LogP contribution < -0.4 is 10.4 Å². The Morgan fingerprint density at radius 1 is 1.53 bits per heavy atom. The Kier molecular flexibility index (Phi) is 2.40. The Labute approximate surface area is 98.0 Å². The first-order chi connectivity index (χ1) is 8.29. The van der Waals surface area contributed by atoms with Crippen molar-refractivity contribution in [2.45, 2.75) is 12.5 Å². The van der Waals surface area contributed by atoms with Crippen molar-refractivity contribution in [2.75, 3.05) is 20.3 Å². The van der Waals surface area contributed by atoms with Crippen molar-refractivity contribution < 1.29 is 9.47 Å². The largest absolute Gasteiger partial charge is 0.497 e. The minimum Gasteiger partial charge on any atom is -0.497 e. The van der Waals surface area contributed by atoms with Gasteiger partial charge < -0.3 is 14.5 Å². The minimum absolute atomic E-state index is 0.0799. The topological polar surface area (TPSA) is 56.2 Å². The first-order valence-corrected chi connectivity index (χ1v) is 5.65. The molecule has 0 bridgehead atoms. The fraction of sp³-hybridized carbons (Fsp3) is 0.417. The Morgan fingerprint density at radius 2 is 2.41 bits per heavy atom. The molecule has 1 aromatic heterocycles. The quantitative estimate of drug-likeness (QED) is 0.852. The molecule has 5 nitrogen and oxygen atoms in total. The Hall–Kier alpha value is -1.75. The molecule has 17 heavy (non-hydrogen) atoms. The predicted molar refractivity (Wildman–Crippen MR) is 63.6 cm³/mol. The van der Waals surface area contributed by atoms with E-state index in [0.29, 0.717) is 13.2 Å². The van der Waals surface area contributed by atoms with Gasteiger partial charge in [0.1, 0.15) is 5.75 Å². The molecular formula is C12H14N2O3. The van der Waals surface area contributed by atoms with E-state index in [1.165, 1.54) is 0 Å². The third-order valence-electron chi connectivity index (χ3n) is 3.20. The molecular weight excluding hydrogens is 220 g/mol. The summed E-state index contributed by atoms with van der Waals surface area (Å²) in [6.07, 6.45) is 0.879. The van der Waals surface area contributed by atoms with Gasteiger partial charge in [-0.15, -0.1) is 0 Å². The van der Waals surface area contributed by atoms with E-state index in [4.69, 9.17) is 9.47 Å². The zero-order valence-electron chi connectivity index (χ0n) is 9.60. The fourth-order valence-electron chi connectivity index (χ4n) is 2.32. The highest BCUT2D eigenvalue weighted by Crippen LogP contribution is 2.24. The summed E-state index contributed by atoms with van der Waals surface area (Å²) in [6, 6.07) is 5.71. The van der Waals surface area contributed by atoms with Crippen molar-refractivity contribution in [1.29, 1.82) is 0 Å². The van der Waals surface area contributed by atoms with Crippen molar-refractivity contribution in [3.63, 3.8) is 0 Å². The molecule has 1 atom stereocenters. The number of hydrogen-bond acceptors (Lipinski definition) is 3. The van der Waals surface area contributed by atoms with Crippen LogP contribution in [-0.4, -0.2) is 29.9 Å². The molecule has 2 aromatic rings. The lowest BCUT2D eigenvalue weighted by Crippen LogP contribution is -2.22. The van der Waals surface area contributed by atoms with E-state index >= 15 is 0 Å². The normalized spacial score (nSPS) is 19.9. The van der Waals surface area contributed by atoms with Crippen LogP contribution in [0.4, 0.5) is 0 Å². The maximum absolute atomic E-state index is 11.9. The van der Waals surface area contributed by atoms with Gasteiger partial charge in [0, 0.05) is 12.7 Å². The first kappa shape index (κ1) is 10.4. The molecule has 1 aromatic carbocycles. The lowest BCUT2D eigenvalue weighted by molar-refractivity contribution is 0.186. The van der Waals surface area contributed by atoms with Gasteiger partial charge in [-0.1, -0.05) is 0 Å². The highest BCUT2D eigenvalue weighted by atomic mass is 16.5. The Morgan fingerprint density at radius 3 is 3.12 bits per heavy atom. The van der Waals surface area contributed by atoms with Gasteiger partial charge in [0.05, 0.1) is 30.8 Å². The SMILES string of the molecule is COc1ccc2[nH]c(=O)n(C3CCOC3)c2c1. The molecule has 0 radical (unpaired) electrons. The monoisotopic (exact) mass is 234 g/mol. The van der Waals surface area contributed by atoms with Crippen LogP contribution in [0.25, 0.3) is 11.0 Å². The molecule has 1 N–H and O–H groups in total. The number of ether oxygens (including phenoxy) is 2. The van der Waals surface area contributed by atoms with Crippen molar-refractivity contribution in [3.8, 4) is 5.75 Å². The van der Waals surface area contributed by atoms with Crippen LogP contribution in [0, 0.1) is 0 Å². The number of aromatic amines is 1. The molecule has 0 saturated carbocycles. The minimum atomic E-state index is -0.0799. The summed E-state index contributed by atoms with van der Waals surface area (Å²) in [5.74, 6) is 0.754. The molecule has 2 heterocycles. The van der Waals surface area contributed by atoms with Crippen molar-refractivity contribution >= 4 is 11.0 Å². The van der Waals surface area contributed by atoms with Crippen LogP contribution >= 0.6 is 0 Å². The van der Waals surface area contributed by atoms with E-state index in [0.717, 1.165) is 23.2 Å². The second kappa shape index (κ2) is 3.92. The van der Waals surface area contributed by atoms with Crippen LogP contribution in [0.3, 0.4) is 0 Å². The summed E-state index contributed by atoms with van der Waals surface area (Å²) >= 11 is 0. The second-order valence-electron chi connectivity index (χ2n) is 4.20. The Balaban J connectivity index is 2.20. The molecule has 0 spiro atoms. The number of benzene rings is 1. The van der Waals surface area contributed by atoms with Crippen LogP contribution in [0.5, 0.6) is 5.75 Å². The molecule has 90 valence electrons. The van der Waals surface area contributed by atoms with E-state index in [-0.39, 0.29) is 11.7 Å².